The molecule has 3 rings (SSSR count). The van der Waals surface area contributed by atoms with E-state index >= 15 is 0 Å². The zero-order chi connectivity index (χ0) is 11.0. The quantitative estimate of drug-likeness (QED) is 0.834. The van der Waals surface area contributed by atoms with Gasteiger partial charge in [-0.05, 0) is 63.5 Å². The van der Waals surface area contributed by atoms with Crippen LogP contribution in [-0.2, 0) is 0 Å². The Hall–Kier alpha value is 0.210. The molecular formula is C14H27ClN2. The van der Waals surface area contributed by atoms with Crippen molar-refractivity contribution in [3.05, 3.63) is 0 Å². The minimum atomic E-state index is 0. The lowest BCUT2D eigenvalue weighted by Crippen LogP contribution is -2.40. The van der Waals surface area contributed by atoms with Gasteiger partial charge in [0.25, 0.3) is 0 Å². The van der Waals surface area contributed by atoms with Crippen molar-refractivity contribution < 1.29 is 0 Å². The first-order chi connectivity index (χ1) is 7.86. The second-order valence-electron chi connectivity index (χ2n) is 6.28. The van der Waals surface area contributed by atoms with Gasteiger partial charge in [-0.2, -0.15) is 0 Å². The molecule has 1 saturated heterocycles. The molecule has 3 fully saturated rings. The number of fused-ring (bicyclic) bond motifs is 2. The first-order valence-electron chi connectivity index (χ1n) is 7.25. The predicted octanol–water partition coefficient (Wildman–Crippen LogP) is 2.53. The first-order valence-corrected chi connectivity index (χ1v) is 7.25. The molecule has 0 amide bonds. The van der Waals surface area contributed by atoms with Crippen LogP contribution >= 0.6 is 12.4 Å². The number of nitrogens with one attached hydrogen (secondary N) is 1. The number of rotatable bonds is 4. The lowest BCUT2D eigenvalue weighted by atomic mass is 9.88. The summed E-state index contributed by atoms with van der Waals surface area (Å²) in [4.78, 5) is 2.78. The number of hydrogen-bond donors (Lipinski definition) is 1. The van der Waals surface area contributed by atoms with Crippen LogP contribution in [0.4, 0.5) is 0 Å². The normalized spacial score (nSPS) is 40.8. The first kappa shape index (κ1) is 13.6. The van der Waals surface area contributed by atoms with Gasteiger partial charge >= 0.3 is 0 Å². The number of hydrogen-bond acceptors (Lipinski definition) is 2. The molecular weight excluding hydrogens is 232 g/mol. The van der Waals surface area contributed by atoms with Gasteiger partial charge in [0.05, 0.1) is 0 Å². The van der Waals surface area contributed by atoms with E-state index in [-0.39, 0.29) is 12.4 Å². The third-order valence-electron chi connectivity index (χ3n) is 5.29. The Morgan fingerprint density at radius 2 is 2.06 bits per heavy atom. The number of nitrogens with zero attached hydrogens (tertiary/aromatic N) is 1. The highest BCUT2D eigenvalue weighted by molar-refractivity contribution is 5.85. The van der Waals surface area contributed by atoms with Gasteiger partial charge in [-0.15, -0.1) is 12.4 Å². The minimum absolute atomic E-state index is 0. The van der Waals surface area contributed by atoms with E-state index in [1.807, 2.05) is 0 Å². The molecule has 4 unspecified atom stereocenters. The Morgan fingerprint density at radius 1 is 1.18 bits per heavy atom. The average Bonchev–Trinajstić information content (AvgIpc) is 2.96. The fourth-order valence-corrected chi connectivity index (χ4v) is 4.50. The molecule has 0 spiro atoms. The van der Waals surface area contributed by atoms with Crippen LogP contribution in [0.15, 0.2) is 0 Å². The van der Waals surface area contributed by atoms with Crippen LogP contribution in [0.5, 0.6) is 0 Å². The fourth-order valence-electron chi connectivity index (χ4n) is 4.50. The van der Waals surface area contributed by atoms with E-state index < -0.39 is 0 Å². The van der Waals surface area contributed by atoms with Gasteiger partial charge in [-0.3, -0.25) is 4.90 Å². The summed E-state index contributed by atoms with van der Waals surface area (Å²) in [5.41, 5.74) is 0. The van der Waals surface area contributed by atoms with Gasteiger partial charge in [0.15, 0.2) is 0 Å². The Morgan fingerprint density at radius 3 is 2.71 bits per heavy atom. The third-order valence-corrected chi connectivity index (χ3v) is 5.29. The molecule has 0 aromatic carbocycles. The van der Waals surface area contributed by atoms with E-state index in [1.54, 1.807) is 25.7 Å². The molecule has 4 atom stereocenters. The summed E-state index contributed by atoms with van der Waals surface area (Å²) in [5.74, 6) is 3.26. The van der Waals surface area contributed by atoms with Crippen molar-refractivity contribution >= 4 is 12.4 Å². The molecule has 1 heterocycles. The maximum Gasteiger partial charge on any atom is 0.0221 e. The van der Waals surface area contributed by atoms with Crippen LogP contribution in [-0.4, -0.2) is 37.6 Å². The molecule has 3 aliphatic rings. The van der Waals surface area contributed by atoms with E-state index in [9.17, 15) is 0 Å². The molecule has 0 radical (unpaired) electrons. The molecule has 0 aromatic rings. The summed E-state index contributed by atoms with van der Waals surface area (Å²) in [6, 6.07) is 0.837. The summed E-state index contributed by atoms with van der Waals surface area (Å²) in [7, 11) is 2.09. The molecule has 17 heavy (non-hydrogen) atoms. The molecule has 3 heteroatoms. The van der Waals surface area contributed by atoms with E-state index in [0.717, 1.165) is 23.8 Å². The maximum absolute atomic E-state index is 3.36. The topological polar surface area (TPSA) is 15.3 Å². The van der Waals surface area contributed by atoms with Crippen LogP contribution in [0.2, 0.25) is 0 Å². The van der Waals surface area contributed by atoms with Gasteiger partial charge in [0, 0.05) is 19.1 Å². The van der Waals surface area contributed by atoms with Gasteiger partial charge in [0.2, 0.25) is 0 Å². The van der Waals surface area contributed by atoms with E-state index in [1.165, 1.54) is 32.5 Å². The van der Waals surface area contributed by atoms with Gasteiger partial charge in [0.1, 0.15) is 0 Å². The van der Waals surface area contributed by atoms with Crippen molar-refractivity contribution in [3.63, 3.8) is 0 Å². The second-order valence-corrected chi connectivity index (χ2v) is 6.28. The molecule has 1 N–H and O–H groups in total. The minimum Gasteiger partial charge on any atom is -0.318 e. The van der Waals surface area contributed by atoms with Crippen LogP contribution in [0, 0.1) is 17.8 Å². The standard InChI is InChI=1S/C14H26N2.ClH/c1-15-9-14-3-2-6-16(14)10-13-8-11-4-5-12(13)7-11;/h11-15H,2-10H2,1H3;1H. The van der Waals surface area contributed by atoms with Crippen molar-refractivity contribution in [3.8, 4) is 0 Å². The number of halogens is 1. The number of likely N-dealkylation sites (N-methyl/N-ethyl adjacent to an activating group) is 1. The molecule has 0 aromatic heterocycles. The second kappa shape index (κ2) is 5.90. The number of likely N-dealkylation sites (tertiary alicyclic amines) is 1. The van der Waals surface area contributed by atoms with Crippen molar-refractivity contribution in [1.82, 2.24) is 10.2 Å². The summed E-state index contributed by atoms with van der Waals surface area (Å²) in [5, 5.41) is 3.36. The Labute approximate surface area is 112 Å². The van der Waals surface area contributed by atoms with Crippen molar-refractivity contribution in [2.45, 2.75) is 44.6 Å². The van der Waals surface area contributed by atoms with Crippen molar-refractivity contribution in [1.29, 1.82) is 0 Å². The average molecular weight is 259 g/mol. The molecule has 2 saturated carbocycles. The molecule has 1 aliphatic heterocycles. The molecule has 2 nitrogen and oxygen atoms in total. The lowest BCUT2D eigenvalue weighted by Gasteiger charge is -2.31. The summed E-state index contributed by atoms with van der Waals surface area (Å²) >= 11 is 0. The largest absolute Gasteiger partial charge is 0.318 e. The van der Waals surface area contributed by atoms with Crippen LogP contribution in [0.1, 0.15) is 38.5 Å². The Balaban J connectivity index is 0.00000108. The molecule has 2 aliphatic carbocycles. The Bertz CT molecular complexity index is 246. The van der Waals surface area contributed by atoms with Crippen molar-refractivity contribution in [2.24, 2.45) is 17.8 Å². The van der Waals surface area contributed by atoms with Gasteiger partial charge in [-0.1, -0.05) is 6.42 Å². The smallest absolute Gasteiger partial charge is 0.0221 e. The zero-order valence-corrected chi connectivity index (χ0v) is 11.8. The highest BCUT2D eigenvalue weighted by atomic mass is 35.5. The summed E-state index contributed by atoms with van der Waals surface area (Å²) in [6.45, 7) is 3.97. The highest BCUT2D eigenvalue weighted by Crippen LogP contribution is 2.48. The van der Waals surface area contributed by atoms with Crippen LogP contribution < -0.4 is 5.32 Å². The fraction of sp³-hybridized carbons (Fsp3) is 1.00. The van der Waals surface area contributed by atoms with Crippen LogP contribution in [0.25, 0.3) is 0 Å². The summed E-state index contributed by atoms with van der Waals surface area (Å²) < 4.78 is 0. The highest BCUT2D eigenvalue weighted by Gasteiger charge is 2.41. The SMILES string of the molecule is CNCC1CCCN1CC1CC2CCC1C2.Cl. The summed E-state index contributed by atoms with van der Waals surface area (Å²) in [6.07, 6.45) is 9.04. The van der Waals surface area contributed by atoms with Crippen LogP contribution in [0.3, 0.4) is 0 Å². The van der Waals surface area contributed by atoms with E-state index in [2.05, 4.69) is 17.3 Å². The van der Waals surface area contributed by atoms with Gasteiger partial charge in [-0.25, -0.2) is 0 Å². The lowest BCUT2D eigenvalue weighted by molar-refractivity contribution is 0.176. The van der Waals surface area contributed by atoms with E-state index in [4.69, 9.17) is 0 Å². The third kappa shape index (κ3) is 2.80. The van der Waals surface area contributed by atoms with Gasteiger partial charge < -0.3 is 5.32 Å². The van der Waals surface area contributed by atoms with E-state index in [0.29, 0.717) is 0 Å². The molecule has 100 valence electrons. The Kier molecular flexibility index (Phi) is 4.73. The zero-order valence-electron chi connectivity index (χ0n) is 11.0. The van der Waals surface area contributed by atoms with Crippen molar-refractivity contribution in [2.75, 3.05) is 26.7 Å². The predicted molar refractivity (Wildman–Crippen MR) is 74.7 cm³/mol. The monoisotopic (exact) mass is 258 g/mol. The maximum atomic E-state index is 3.36. The molecule has 2 bridgehead atoms.